The Kier molecular flexibility index (Phi) is 33.8. The molecule has 0 amide bonds. The minimum Gasteiger partial charge on any atom is -0.494 e. The quantitative estimate of drug-likeness (QED) is 0.0812. The maximum absolute atomic E-state index is 15.0. The lowest BCUT2D eigenvalue weighted by Crippen LogP contribution is -2.36. The van der Waals surface area contributed by atoms with Crippen LogP contribution < -0.4 is 14.8 Å². The number of aryl methyl sites for hydroxylation is 1. The molecule has 0 unspecified atom stereocenters. The van der Waals surface area contributed by atoms with Gasteiger partial charge in [-0.05, 0) is 193 Å². The molecule has 100 heavy (non-hydrogen) atoms. The normalized spacial score (nSPS) is 17.6. The summed E-state index contributed by atoms with van der Waals surface area (Å²) in [4.78, 5) is 4.91. The smallest absolute Gasteiger partial charge is 0.175 e. The monoisotopic (exact) mass is 1450 g/mol. The van der Waals surface area contributed by atoms with Gasteiger partial charge in [-0.25, -0.2) is 34.8 Å². The van der Waals surface area contributed by atoms with Crippen molar-refractivity contribution in [3.8, 4) is 11.5 Å². The molecular weight excluding hydrogens is 1340 g/mol. The predicted molar refractivity (Wildman–Crippen MR) is 401 cm³/mol. The molecule has 1 aromatic heterocycles. The van der Waals surface area contributed by atoms with E-state index in [1.807, 2.05) is 77.5 Å². The Balaban J connectivity index is 0.000000256. The summed E-state index contributed by atoms with van der Waals surface area (Å²) in [7, 11) is 7.97. The summed E-state index contributed by atoms with van der Waals surface area (Å²) < 4.78 is 116. The number of rotatable bonds is 18. The van der Waals surface area contributed by atoms with Crippen LogP contribution in [-0.4, -0.2) is 120 Å². The number of aromatic nitrogens is 2. The molecule has 0 aliphatic carbocycles. The highest BCUT2D eigenvalue weighted by Crippen LogP contribution is 2.43. The topological polar surface area (TPSA) is 109 Å². The molecule has 2 fully saturated rings. The number of likely N-dealkylation sites (N-methyl/N-ethyl adjacent to an activating group) is 2. The summed E-state index contributed by atoms with van der Waals surface area (Å²) in [6.45, 7) is 34.0. The molecule has 554 valence electrons. The van der Waals surface area contributed by atoms with Crippen LogP contribution in [0.4, 0.5) is 26.3 Å². The largest absolute Gasteiger partial charge is 0.494 e. The Hall–Kier alpha value is -5.92. The lowest BCUT2D eigenvalue weighted by molar-refractivity contribution is 0.120. The van der Waals surface area contributed by atoms with E-state index < -0.39 is 27.1 Å². The number of alkyl halides is 1. The van der Waals surface area contributed by atoms with Crippen molar-refractivity contribution in [3.63, 3.8) is 0 Å². The van der Waals surface area contributed by atoms with Crippen molar-refractivity contribution >= 4 is 33.0 Å². The first-order valence-corrected chi connectivity index (χ1v) is 37.1. The van der Waals surface area contributed by atoms with Gasteiger partial charge in [0.25, 0.3) is 0 Å². The molecule has 0 radical (unpaired) electrons. The van der Waals surface area contributed by atoms with Crippen molar-refractivity contribution in [1.82, 2.24) is 24.9 Å². The van der Waals surface area contributed by atoms with E-state index in [1.54, 1.807) is 83.5 Å². The van der Waals surface area contributed by atoms with Gasteiger partial charge in [0, 0.05) is 75.3 Å². The van der Waals surface area contributed by atoms with Gasteiger partial charge in [0.1, 0.15) is 23.1 Å². The number of nitrogens with one attached hydrogen (secondary N) is 1. The summed E-state index contributed by atoms with van der Waals surface area (Å²) in [6.07, 6.45) is 6.42. The third-order valence-corrected chi connectivity index (χ3v) is 20.0. The van der Waals surface area contributed by atoms with Gasteiger partial charge in [0.2, 0.25) is 0 Å². The molecule has 0 spiro atoms. The van der Waals surface area contributed by atoms with Crippen molar-refractivity contribution in [1.29, 1.82) is 0 Å². The van der Waals surface area contributed by atoms with Crippen LogP contribution in [0.3, 0.4) is 0 Å². The summed E-state index contributed by atoms with van der Waals surface area (Å²) in [6, 6.07) is 33.8. The molecule has 7 aromatic rings. The van der Waals surface area contributed by atoms with Gasteiger partial charge >= 0.3 is 0 Å². The van der Waals surface area contributed by atoms with Crippen LogP contribution >= 0.6 is 23.2 Å². The Bertz CT molecular complexity index is 3740. The highest BCUT2D eigenvalue weighted by atomic mass is 35.5. The lowest BCUT2D eigenvalue weighted by atomic mass is 9.75. The highest BCUT2D eigenvalue weighted by Gasteiger charge is 2.44. The Morgan fingerprint density at radius 1 is 0.680 bits per heavy atom. The first kappa shape index (κ1) is 86.5. The number of nitrogens with zero attached hydrogens (tertiary/aromatic N) is 4. The minimum absolute atomic E-state index is 0.0214. The van der Waals surface area contributed by atoms with Gasteiger partial charge in [0.15, 0.2) is 33.0 Å². The van der Waals surface area contributed by atoms with Crippen LogP contribution in [0.25, 0.3) is 0 Å². The number of methoxy groups -OCH3 is 2. The second-order valence-electron chi connectivity index (χ2n) is 30.6. The third-order valence-electron chi connectivity index (χ3n) is 18.3. The SMILES string of the molecule is CC(C)(C)Cc1cccc(S(C)(=O)=O)c1.CC(C)[C@@H]1CN(C)C[C@H]1c1ccc(Cl)c(F)c1.CC(C)[C@H](CO)c1ccc(F)c(Cl)c1.CN(C)C[C@H](c1ccc(F)cc1)C(C)(C)C.COc1ccc([C@@H](c2cnn(C)c2)C(C)C)cc1F.COc1ccc([C@H](C(C)C)[C@]2(F)CCNC2)cc1F. The van der Waals surface area contributed by atoms with E-state index in [1.165, 1.54) is 38.2 Å². The fraction of sp³-hybridized carbons (Fsp3) is 0.519. The van der Waals surface area contributed by atoms with Gasteiger partial charge < -0.3 is 29.7 Å². The summed E-state index contributed by atoms with van der Waals surface area (Å²) in [5.74, 6) is 1.51. The van der Waals surface area contributed by atoms with Crippen LogP contribution in [-0.2, 0) is 23.3 Å². The van der Waals surface area contributed by atoms with Crippen LogP contribution in [0.2, 0.25) is 10.0 Å². The molecule has 6 aromatic carbocycles. The van der Waals surface area contributed by atoms with Crippen molar-refractivity contribution in [3.05, 3.63) is 212 Å². The first-order chi connectivity index (χ1) is 46.5. The maximum Gasteiger partial charge on any atom is 0.175 e. The predicted octanol–water partition coefficient (Wildman–Crippen LogP) is 19.8. The zero-order valence-electron chi connectivity index (χ0n) is 62.9. The number of aliphatic hydroxyl groups excluding tert-OH is 1. The molecule has 2 N–H and O–H groups in total. The molecule has 3 heterocycles. The van der Waals surface area contributed by atoms with Gasteiger partial charge in [-0.2, -0.15) is 5.10 Å². The number of likely N-dealkylation sites (tertiary alicyclic amines) is 1. The Morgan fingerprint density at radius 3 is 1.71 bits per heavy atom. The zero-order valence-corrected chi connectivity index (χ0v) is 65.3. The van der Waals surface area contributed by atoms with E-state index in [9.17, 15) is 35.5 Å². The third kappa shape index (κ3) is 26.7. The van der Waals surface area contributed by atoms with Crippen LogP contribution in [0.15, 0.2) is 139 Å². The number of ether oxygens (including phenoxy) is 2. The first-order valence-electron chi connectivity index (χ1n) is 34.5. The molecule has 0 bridgehead atoms. The lowest BCUT2D eigenvalue weighted by Gasteiger charge is -2.33. The number of hydrogen-bond acceptors (Lipinski definition) is 9. The standard InChI is InChI=1S/C15H21F2NO.C15H19FN2O.C14H19ClFN.C14H22FN.C12H18O2S.C11H14ClFO/c1-10(2)14(15(17)6-7-18-9-15)11-4-5-13(19-3)12(16)8-11;1-10(2)15(12-8-17-18(3)9-12)11-5-6-14(19-4)13(16)7-11;1-9(2)11-7-17(3)8-12(11)10-4-5-13(15)14(16)6-10;1-14(2,3)13(10-16(4)5)11-6-8-12(15)9-7-11;1-12(2,3)9-10-6-5-7-11(8-10)15(4,13)14;1-7(2)9(6-14)8-3-4-11(13)10(12)5-8/h4-5,8,10,14,18H,6-7,9H2,1-3H3;5-10,15H,1-4H3;4-6,9,11-12H,7-8H2,1-3H3;6-9,13H,10H2,1-5H3;5-8H,9H2,1-4H3;3-5,7,9,14H,6H2,1-2H3/t14-,15-;15-;11-,12-;13-;;9-/m0001.0/s1. The Morgan fingerprint density at radius 2 is 1.26 bits per heavy atom. The average molecular weight is 1450 g/mol. The van der Waals surface area contributed by atoms with Crippen LogP contribution in [0, 0.1) is 69.5 Å². The average Bonchev–Trinajstić information content (AvgIpc) is 1.86. The second kappa shape index (κ2) is 39.1. The molecule has 0 saturated carbocycles. The molecule has 2 aliphatic heterocycles. The maximum atomic E-state index is 15.0. The number of halogens is 8. The molecular formula is C81H113Cl2F6N5O5S. The number of sulfone groups is 1. The van der Waals surface area contributed by atoms with Crippen molar-refractivity contribution in [2.45, 2.75) is 150 Å². The van der Waals surface area contributed by atoms with Crippen molar-refractivity contribution < 1.29 is 49.3 Å². The molecule has 19 heteroatoms. The fourth-order valence-electron chi connectivity index (χ4n) is 13.2. The summed E-state index contributed by atoms with van der Waals surface area (Å²) in [5.41, 5.74) is 6.06. The zero-order chi connectivity index (χ0) is 75.4. The molecule has 9 rings (SSSR count). The van der Waals surface area contributed by atoms with E-state index in [2.05, 4.69) is 111 Å². The number of aliphatic hydroxyl groups is 1. The van der Waals surface area contributed by atoms with E-state index in [4.69, 9.17) is 32.7 Å². The fourth-order valence-corrected chi connectivity index (χ4v) is 14.2. The molecule has 7 atom stereocenters. The molecule has 2 aliphatic rings. The number of hydrogen-bond donors (Lipinski definition) is 2. The summed E-state index contributed by atoms with van der Waals surface area (Å²) in [5, 5.41) is 16.8. The number of benzene rings is 6. The van der Waals surface area contributed by atoms with Crippen LogP contribution in [0.1, 0.15) is 172 Å². The summed E-state index contributed by atoms with van der Waals surface area (Å²) >= 11 is 11.4. The van der Waals surface area contributed by atoms with Gasteiger partial charge in [0.05, 0.1) is 42.0 Å². The van der Waals surface area contributed by atoms with E-state index >= 15 is 4.39 Å². The van der Waals surface area contributed by atoms with Crippen molar-refractivity contribution in [2.24, 2.45) is 47.5 Å². The van der Waals surface area contributed by atoms with Gasteiger partial charge in [-0.1, -0.05) is 169 Å². The minimum atomic E-state index is -3.08. The highest BCUT2D eigenvalue weighted by molar-refractivity contribution is 7.90. The van der Waals surface area contributed by atoms with E-state index in [0.717, 1.165) is 53.9 Å². The van der Waals surface area contributed by atoms with Gasteiger partial charge in [-0.3, -0.25) is 4.68 Å². The van der Waals surface area contributed by atoms with Crippen LogP contribution in [0.5, 0.6) is 11.5 Å². The Labute approximate surface area is 605 Å². The second-order valence-corrected chi connectivity index (χ2v) is 33.5. The van der Waals surface area contributed by atoms with E-state index in [-0.39, 0.29) is 80.1 Å². The molecule has 2 saturated heterocycles. The molecule has 10 nitrogen and oxygen atoms in total. The van der Waals surface area contributed by atoms with Crippen molar-refractivity contribution in [2.75, 3.05) is 80.9 Å². The van der Waals surface area contributed by atoms with Gasteiger partial charge in [-0.15, -0.1) is 0 Å². The van der Waals surface area contributed by atoms with E-state index in [0.29, 0.717) is 65.5 Å².